The minimum Gasteiger partial charge on any atom is -0.508 e. The lowest BCUT2D eigenvalue weighted by Gasteiger charge is -2.33. The average molecular weight is 326 g/mol. The molecule has 0 saturated carbocycles. The van der Waals surface area contributed by atoms with Crippen LogP contribution in [0.15, 0.2) is 42.5 Å². The fourth-order valence-electron chi connectivity index (χ4n) is 2.81. The number of benzene rings is 2. The Morgan fingerprint density at radius 2 is 2.08 bits per heavy atom. The summed E-state index contributed by atoms with van der Waals surface area (Å²) < 4.78 is 5.80. The number of ether oxygens (including phenoxy) is 1. The van der Waals surface area contributed by atoms with E-state index in [9.17, 15) is 14.7 Å². The fraction of sp³-hybridized carbons (Fsp3) is 0.222. The van der Waals surface area contributed by atoms with Crippen molar-refractivity contribution in [1.82, 2.24) is 0 Å². The lowest BCUT2D eigenvalue weighted by atomic mass is 10.0. The van der Waals surface area contributed by atoms with Gasteiger partial charge in [-0.2, -0.15) is 0 Å². The van der Waals surface area contributed by atoms with Crippen LogP contribution in [0.25, 0.3) is 0 Å². The van der Waals surface area contributed by atoms with Gasteiger partial charge in [0.15, 0.2) is 6.10 Å². The maximum atomic E-state index is 12.7. The van der Waals surface area contributed by atoms with Gasteiger partial charge in [-0.05, 0) is 24.6 Å². The second-order valence-corrected chi connectivity index (χ2v) is 5.84. The number of carbonyl (C=O) groups excluding carboxylic acids is 2. The molecule has 124 valence electrons. The van der Waals surface area contributed by atoms with E-state index in [0.29, 0.717) is 17.9 Å². The zero-order valence-corrected chi connectivity index (χ0v) is 13.2. The van der Waals surface area contributed by atoms with Crippen molar-refractivity contribution < 1.29 is 19.4 Å². The molecule has 1 aliphatic rings. The van der Waals surface area contributed by atoms with E-state index in [1.54, 1.807) is 6.07 Å². The van der Waals surface area contributed by atoms with E-state index in [0.717, 1.165) is 11.1 Å². The van der Waals surface area contributed by atoms with Crippen LogP contribution in [-0.4, -0.2) is 29.6 Å². The summed E-state index contributed by atoms with van der Waals surface area (Å²) in [6.07, 6.45) is -0.362. The molecular weight excluding hydrogens is 308 g/mol. The van der Waals surface area contributed by atoms with Gasteiger partial charge in [0.05, 0.1) is 5.69 Å². The molecule has 3 N–H and O–H groups in total. The number of phenolic OH excluding ortho intramolecular Hbond substituents is 1. The predicted octanol–water partition coefficient (Wildman–Crippen LogP) is 1.52. The fourth-order valence-corrected chi connectivity index (χ4v) is 2.81. The molecule has 0 aromatic heterocycles. The molecule has 2 aromatic rings. The standard InChI is InChI=1S/C18H18N2O4/c1-11-3-2-4-12(7-11)8-16-18(23)20(10-17(19)22)14-9-13(21)5-6-15(14)24-16/h2-7,9,16,21H,8,10H2,1H3,(H2,19,22). The Labute approximate surface area is 139 Å². The van der Waals surface area contributed by atoms with Gasteiger partial charge in [-0.25, -0.2) is 0 Å². The number of hydrogen-bond donors (Lipinski definition) is 2. The summed E-state index contributed by atoms with van der Waals surface area (Å²) in [5.74, 6) is -0.565. The van der Waals surface area contributed by atoms with Crippen molar-refractivity contribution in [2.75, 3.05) is 11.4 Å². The van der Waals surface area contributed by atoms with E-state index in [2.05, 4.69) is 0 Å². The number of hydrogen-bond acceptors (Lipinski definition) is 4. The second kappa shape index (κ2) is 6.23. The average Bonchev–Trinajstić information content (AvgIpc) is 2.52. The Hall–Kier alpha value is -3.02. The van der Waals surface area contributed by atoms with Crippen molar-refractivity contribution in [2.45, 2.75) is 19.4 Å². The molecule has 0 aliphatic carbocycles. The lowest BCUT2D eigenvalue weighted by molar-refractivity contribution is -0.128. The molecule has 0 saturated heterocycles. The van der Waals surface area contributed by atoms with Crippen molar-refractivity contribution in [3.05, 3.63) is 53.6 Å². The van der Waals surface area contributed by atoms with Gasteiger partial charge in [-0.3, -0.25) is 14.5 Å². The SMILES string of the molecule is Cc1cccc(CC2Oc3ccc(O)cc3N(CC(N)=O)C2=O)c1. The summed E-state index contributed by atoms with van der Waals surface area (Å²) in [5, 5.41) is 9.65. The molecule has 0 spiro atoms. The normalized spacial score (nSPS) is 16.5. The first-order valence-corrected chi connectivity index (χ1v) is 7.59. The molecule has 1 atom stereocenters. The van der Waals surface area contributed by atoms with Gasteiger partial charge < -0.3 is 15.6 Å². The summed E-state index contributed by atoms with van der Waals surface area (Å²) in [7, 11) is 0. The quantitative estimate of drug-likeness (QED) is 0.891. The predicted molar refractivity (Wildman–Crippen MR) is 89.0 cm³/mol. The van der Waals surface area contributed by atoms with Crippen LogP contribution in [0.3, 0.4) is 0 Å². The van der Waals surface area contributed by atoms with E-state index < -0.39 is 12.0 Å². The molecule has 0 fully saturated rings. The summed E-state index contributed by atoms with van der Waals surface area (Å²) in [6.45, 7) is 1.72. The van der Waals surface area contributed by atoms with Crippen LogP contribution in [0.5, 0.6) is 11.5 Å². The van der Waals surface area contributed by atoms with E-state index in [1.807, 2.05) is 31.2 Å². The van der Waals surface area contributed by atoms with Crippen LogP contribution in [0.4, 0.5) is 5.69 Å². The van der Waals surface area contributed by atoms with Crippen molar-refractivity contribution in [1.29, 1.82) is 0 Å². The highest BCUT2D eigenvalue weighted by Gasteiger charge is 2.35. The maximum Gasteiger partial charge on any atom is 0.268 e. The van der Waals surface area contributed by atoms with Crippen LogP contribution in [0.1, 0.15) is 11.1 Å². The molecule has 1 unspecified atom stereocenters. The Kier molecular flexibility index (Phi) is 4.12. The summed E-state index contributed by atoms with van der Waals surface area (Å²) in [5.41, 5.74) is 7.67. The highest BCUT2D eigenvalue weighted by Crippen LogP contribution is 2.37. The first kappa shape index (κ1) is 15.9. The second-order valence-electron chi connectivity index (χ2n) is 5.84. The zero-order chi connectivity index (χ0) is 17.3. The topological polar surface area (TPSA) is 92.9 Å². The molecule has 2 aromatic carbocycles. The Balaban J connectivity index is 1.94. The smallest absolute Gasteiger partial charge is 0.268 e. The Bertz CT molecular complexity index is 803. The molecule has 1 aliphatic heterocycles. The highest BCUT2D eigenvalue weighted by molar-refractivity contribution is 6.03. The highest BCUT2D eigenvalue weighted by atomic mass is 16.5. The first-order valence-electron chi connectivity index (χ1n) is 7.59. The molecule has 24 heavy (non-hydrogen) atoms. The van der Waals surface area contributed by atoms with E-state index >= 15 is 0 Å². The zero-order valence-electron chi connectivity index (χ0n) is 13.2. The van der Waals surface area contributed by atoms with Crippen LogP contribution >= 0.6 is 0 Å². The first-order chi connectivity index (χ1) is 11.4. The van der Waals surface area contributed by atoms with Crippen molar-refractivity contribution >= 4 is 17.5 Å². The molecule has 0 radical (unpaired) electrons. The number of aryl methyl sites for hydroxylation is 1. The number of aromatic hydroxyl groups is 1. The van der Waals surface area contributed by atoms with Crippen LogP contribution in [0, 0.1) is 6.92 Å². The van der Waals surface area contributed by atoms with Crippen LogP contribution < -0.4 is 15.4 Å². The summed E-state index contributed by atoms with van der Waals surface area (Å²) in [4.78, 5) is 25.3. The molecule has 2 amide bonds. The third-order valence-corrected chi connectivity index (χ3v) is 3.86. The van der Waals surface area contributed by atoms with Crippen LogP contribution in [-0.2, 0) is 16.0 Å². The number of nitrogens with two attached hydrogens (primary N) is 1. The minimum atomic E-state index is -0.747. The summed E-state index contributed by atoms with van der Waals surface area (Å²) in [6, 6.07) is 12.2. The molecule has 6 heteroatoms. The summed E-state index contributed by atoms with van der Waals surface area (Å²) >= 11 is 0. The van der Waals surface area contributed by atoms with Gasteiger partial charge in [0.25, 0.3) is 5.91 Å². The van der Waals surface area contributed by atoms with Crippen molar-refractivity contribution in [3.63, 3.8) is 0 Å². The number of primary amides is 1. The van der Waals surface area contributed by atoms with Crippen LogP contribution in [0.2, 0.25) is 0 Å². The number of fused-ring (bicyclic) bond motifs is 1. The van der Waals surface area contributed by atoms with E-state index in [1.165, 1.54) is 17.0 Å². The minimum absolute atomic E-state index is 0.0169. The number of carbonyl (C=O) groups is 2. The lowest BCUT2D eigenvalue weighted by Crippen LogP contribution is -2.49. The molecular formula is C18H18N2O4. The van der Waals surface area contributed by atoms with Gasteiger partial charge in [-0.15, -0.1) is 0 Å². The van der Waals surface area contributed by atoms with Gasteiger partial charge in [0.1, 0.15) is 18.0 Å². The number of phenols is 1. The third kappa shape index (κ3) is 3.17. The molecule has 3 rings (SSSR count). The third-order valence-electron chi connectivity index (χ3n) is 3.86. The van der Waals surface area contributed by atoms with Gasteiger partial charge >= 0.3 is 0 Å². The monoisotopic (exact) mass is 326 g/mol. The largest absolute Gasteiger partial charge is 0.508 e. The number of rotatable bonds is 4. The molecule has 6 nitrogen and oxygen atoms in total. The molecule has 0 bridgehead atoms. The van der Waals surface area contributed by atoms with Gasteiger partial charge in [-0.1, -0.05) is 29.8 Å². The number of amides is 2. The Morgan fingerprint density at radius 1 is 1.29 bits per heavy atom. The van der Waals surface area contributed by atoms with Crippen molar-refractivity contribution in [3.8, 4) is 11.5 Å². The molecule has 1 heterocycles. The van der Waals surface area contributed by atoms with Gasteiger partial charge in [0.2, 0.25) is 5.91 Å². The van der Waals surface area contributed by atoms with E-state index in [-0.39, 0.29) is 18.2 Å². The maximum absolute atomic E-state index is 12.7. The number of anilines is 1. The van der Waals surface area contributed by atoms with Gasteiger partial charge in [0, 0.05) is 12.5 Å². The van der Waals surface area contributed by atoms with E-state index in [4.69, 9.17) is 10.5 Å². The van der Waals surface area contributed by atoms with Crippen molar-refractivity contribution in [2.24, 2.45) is 5.73 Å². The Morgan fingerprint density at radius 3 is 2.79 bits per heavy atom. The number of nitrogens with zero attached hydrogens (tertiary/aromatic N) is 1.